The van der Waals surface area contributed by atoms with Crippen LogP contribution < -0.4 is 5.32 Å². The Morgan fingerprint density at radius 1 is 1.18 bits per heavy atom. The van der Waals surface area contributed by atoms with Gasteiger partial charge in [0, 0.05) is 29.5 Å². The third-order valence-corrected chi connectivity index (χ3v) is 3.14. The van der Waals surface area contributed by atoms with E-state index in [1.54, 1.807) is 42.7 Å². The van der Waals surface area contributed by atoms with Crippen molar-refractivity contribution in [2.75, 3.05) is 0 Å². The van der Waals surface area contributed by atoms with Gasteiger partial charge in [-0.2, -0.15) is 0 Å². The summed E-state index contributed by atoms with van der Waals surface area (Å²) in [5.41, 5.74) is 1.58. The molecule has 2 heterocycles. The van der Waals surface area contributed by atoms with E-state index in [2.05, 4.69) is 20.5 Å². The highest BCUT2D eigenvalue weighted by Crippen LogP contribution is 2.20. The fraction of sp³-hybridized carbons (Fsp3) is 0.0667. The molecular formula is C15H11ClN4O2. The van der Waals surface area contributed by atoms with Crippen LogP contribution in [0.2, 0.25) is 5.02 Å². The second kappa shape index (κ2) is 6.36. The number of carbonyl (C=O) groups excluding carboxylic acids is 1. The van der Waals surface area contributed by atoms with E-state index in [0.717, 1.165) is 5.56 Å². The van der Waals surface area contributed by atoms with Crippen molar-refractivity contribution in [1.29, 1.82) is 0 Å². The first-order valence-electron chi connectivity index (χ1n) is 6.49. The lowest BCUT2D eigenvalue weighted by molar-refractivity contribution is 0.0917. The molecule has 1 amide bonds. The van der Waals surface area contributed by atoms with Gasteiger partial charge in [0.25, 0.3) is 0 Å². The molecule has 3 aromatic rings. The Bertz CT molecular complexity index is 772. The lowest BCUT2D eigenvalue weighted by Crippen LogP contribution is -2.23. The molecule has 0 unspecified atom stereocenters. The van der Waals surface area contributed by atoms with Gasteiger partial charge in [0.2, 0.25) is 5.89 Å². The maximum Gasteiger partial charge on any atom is 0.309 e. The summed E-state index contributed by atoms with van der Waals surface area (Å²) in [6.45, 7) is 0.339. The number of aromatic nitrogens is 3. The molecule has 0 bridgehead atoms. The van der Waals surface area contributed by atoms with E-state index in [1.807, 2.05) is 6.07 Å². The van der Waals surface area contributed by atoms with Gasteiger partial charge in [0.1, 0.15) is 0 Å². The van der Waals surface area contributed by atoms with E-state index in [1.165, 1.54) is 0 Å². The maximum absolute atomic E-state index is 12.0. The molecule has 110 valence electrons. The molecule has 22 heavy (non-hydrogen) atoms. The summed E-state index contributed by atoms with van der Waals surface area (Å²) in [4.78, 5) is 15.9. The first-order valence-corrected chi connectivity index (χ1v) is 6.87. The molecule has 0 aliphatic heterocycles. The summed E-state index contributed by atoms with van der Waals surface area (Å²) in [6, 6.07) is 10.6. The van der Waals surface area contributed by atoms with Gasteiger partial charge in [-0.3, -0.25) is 9.78 Å². The number of halogens is 1. The molecule has 3 rings (SSSR count). The number of rotatable bonds is 4. The molecule has 0 aliphatic carbocycles. The first-order chi connectivity index (χ1) is 10.7. The van der Waals surface area contributed by atoms with Crippen LogP contribution in [0.25, 0.3) is 11.5 Å². The Balaban J connectivity index is 1.68. The van der Waals surface area contributed by atoms with Gasteiger partial charge in [-0.15, -0.1) is 10.2 Å². The van der Waals surface area contributed by atoms with Crippen LogP contribution in [-0.4, -0.2) is 21.1 Å². The average molecular weight is 315 g/mol. The van der Waals surface area contributed by atoms with Crippen LogP contribution in [0, 0.1) is 0 Å². The van der Waals surface area contributed by atoms with Gasteiger partial charge in [-0.25, -0.2) is 0 Å². The summed E-state index contributed by atoms with van der Waals surface area (Å²) in [5, 5.41) is 10.9. The number of hydrogen-bond acceptors (Lipinski definition) is 5. The molecule has 0 aliphatic rings. The van der Waals surface area contributed by atoms with Crippen molar-refractivity contribution < 1.29 is 9.21 Å². The quantitative estimate of drug-likeness (QED) is 0.800. The maximum atomic E-state index is 12.0. The zero-order valence-corrected chi connectivity index (χ0v) is 12.1. The molecular weight excluding hydrogens is 304 g/mol. The molecule has 2 aromatic heterocycles. The van der Waals surface area contributed by atoms with Crippen LogP contribution in [-0.2, 0) is 6.54 Å². The normalized spacial score (nSPS) is 10.4. The number of amides is 1. The third kappa shape index (κ3) is 3.29. The zero-order valence-electron chi connectivity index (χ0n) is 11.4. The van der Waals surface area contributed by atoms with Crippen LogP contribution in [0.4, 0.5) is 0 Å². The highest BCUT2D eigenvalue weighted by molar-refractivity contribution is 6.30. The van der Waals surface area contributed by atoms with Crippen molar-refractivity contribution in [2.24, 2.45) is 0 Å². The second-order valence-electron chi connectivity index (χ2n) is 4.46. The van der Waals surface area contributed by atoms with Gasteiger partial charge in [0.05, 0.1) is 0 Å². The Kier molecular flexibility index (Phi) is 4.11. The van der Waals surface area contributed by atoms with Gasteiger partial charge in [-0.05, 0) is 35.9 Å². The first kappa shape index (κ1) is 14.2. The predicted molar refractivity (Wildman–Crippen MR) is 80.2 cm³/mol. The lowest BCUT2D eigenvalue weighted by atomic mass is 10.2. The van der Waals surface area contributed by atoms with Gasteiger partial charge >= 0.3 is 11.8 Å². The van der Waals surface area contributed by atoms with Crippen molar-refractivity contribution in [3.8, 4) is 11.5 Å². The van der Waals surface area contributed by atoms with Gasteiger partial charge in [0.15, 0.2) is 0 Å². The number of carbonyl (C=O) groups is 1. The van der Waals surface area contributed by atoms with Gasteiger partial charge in [-0.1, -0.05) is 17.7 Å². The molecule has 0 saturated carbocycles. The van der Waals surface area contributed by atoms with E-state index in [-0.39, 0.29) is 11.8 Å². The summed E-state index contributed by atoms with van der Waals surface area (Å²) >= 11 is 5.82. The molecule has 7 heteroatoms. The summed E-state index contributed by atoms with van der Waals surface area (Å²) < 4.78 is 5.37. The predicted octanol–water partition coefficient (Wildman–Crippen LogP) is 2.72. The largest absolute Gasteiger partial charge is 0.412 e. The second-order valence-corrected chi connectivity index (χ2v) is 4.90. The SMILES string of the molecule is O=C(NCc1cccnc1)c1nnc(-c2ccc(Cl)cc2)o1. The Hall–Kier alpha value is -2.73. The standard InChI is InChI=1S/C15H11ClN4O2/c16-12-5-3-11(4-6-12)14-19-20-15(22-14)13(21)18-9-10-2-1-7-17-8-10/h1-8H,9H2,(H,18,21). The minimum atomic E-state index is -0.434. The molecule has 1 N–H and O–H groups in total. The summed E-state index contributed by atoms with van der Waals surface area (Å²) in [5.74, 6) is -0.256. The van der Waals surface area contributed by atoms with Crippen LogP contribution >= 0.6 is 11.6 Å². The topological polar surface area (TPSA) is 80.9 Å². The molecule has 0 saturated heterocycles. The smallest absolute Gasteiger partial charge is 0.309 e. The molecule has 6 nitrogen and oxygen atoms in total. The summed E-state index contributed by atoms with van der Waals surface area (Å²) in [7, 11) is 0. The highest BCUT2D eigenvalue weighted by Gasteiger charge is 2.15. The van der Waals surface area contributed by atoms with Gasteiger partial charge < -0.3 is 9.73 Å². The van der Waals surface area contributed by atoms with Crippen LogP contribution in [0.5, 0.6) is 0 Å². The zero-order chi connectivity index (χ0) is 15.4. The minimum absolute atomic E-state index is 0.0890. The fourth-order valence-electron chi connectivity index (χ4n) is 1.78. The Labute approximate surface area is 131 Å². The number of nitrogens with one attached hydrogen (secondary N) is 1. The number of hydrogen-bond donors (Lipinski definition) is 1. The lowest BCUT2D eigenvalue weighted by Gasteiger charge is -2.01. The molecule has 0 fully saturated rings. The van der Waals surface area contributed by atoms with Crippen LogP contribution in [0.15, 0.2) is 53.2 Å². The Morgan fingerprint density at radius 2 is 2.00 bits per heavy atom. The average Bonchev–Trinajstić information content (AvgIpc) is 3.04. The number of benzene rings is 1. The van der Waals surface area contributed by atoms with E-state index in [9.17, 15) is 4.79 Å². The van der Waals surface area contributed by atoms with Crippen molar-refractivity contribution in [3.05, 3.63) is 65.3 Å². The molecule has 0 radical (unpaired) electrons. The van der Waals surface area contributed by atoms with E-state index in [0.29, 0.717) is 17.1 Å². The highest BCUT2D eigenvalue weighted by atomic mass is 35.5. The number of nitrogens with zero attached hydrogens (tertiary/aromatic N) is 3. The minimum Gasteiger partial charge on any atom is -0.412 e. The van der Waals surface area contributed by atoms with Crippen LogP contribution in [0.1, 0.15) is 16.2 Å². The Morgan fingerprint density at radius 3 is 2.73 bits per heavy atom. The van der Waals surface area contributed by atoms with E-state index >= 15 is 0 Å². The summed E-state index contributed by atoms with van der Waals surface area (Å²) in [6.07, 6.45) is 3.34. The fourth-order valence-corrected chi connectivity index (χ4v) is 1.91. The van der Waals surface area contributed by atoms with Crippen molar-refractivity contribution >= 4 is 17.5 Å². The monoisotopic (exact) mass is 314 g/mol. The molecule has 0 atom stereocenters. The van der Waals surface area contributed by atoms with Crippen molar-refractivity contribution in [2.45, 2.75) is 6.54 Å². The van der Waals surface area contributed by atoms with E-state index < -0.39 is 5.91 Å². The molecule has 0 spiro atoms. The van der Waals surface area contributed by atoms with Crippen molar-refractivity contribution in [3.63, 3.8) is 0 Å². The number of pyridine rings is 1. The molecule has 1 aromatic carbocycles. The van der Waals surface area contributed by atoms with E-state index in [4.69, 9.17) is 16.0 Å². The van der Waals surface area contributed by atoms with Crippen LogP contribution in [0.3, 0.4) is 0 Å². The third-order valence-electron chi connectivity index (χ3n) is 2.89. The van der Waals surface area contributed by atoms with Crippen molar-refractivity contribution in [1.82, 2.24) is 20.5 Å².